The maximum Gasteiger partial charge on any atom is 0.522 e. The number of halogens is 4. The summed E-state index contributed by atoms with van der Waals surface area (Å²) in [5.41, 5.74) is 1.08. The molecule has 4 aliphatic rings. The van der Waals surface area contributed by atoms with Crippen LogP contribution >= 0.6 is 34.8 Å². The van der Waals surface area contributed by atoms with Gasteiger partial charge in [-0.1, -0.05) is 77.3 Å². The molecular weight excluding hydrogens is 784 g/mol. The molecule has 15 heteroatoms. The van der Waals surface area contributed by atoms with Gasteiger partial charge in [0.1, 0.15) is 24.4 Å². The van der Waals surface area contributed by atoms with E-state index in [9.17, 15) is 21.6 Å². The van der Waals surface area contributed by atoms with Crippen LogP contribution in [0.25, 0.3) is 21.5 Å². The van der Waals surface area contributed by atoms with Gasteiger partial charge < -0.3 is 4.74 Å². The number of amides is 1. The lowest BCUT2D eigenvalue weighted by molar-refractivity contribution is -0.875. The molecule has 0 spiro atoms. The van der Waals surface area contributed by atoms with Gasteiger partial charge in [0.2, 0.25) is 25.2 Å². The van der Waals surface area contributed by atoms with Crippen molar-refractivity contribution in [1.82, 2.24) is 8.61 Å². The van der Waals surface area contributed by atoms with Gasteiger partial charge in [-0.25, -0.2) is 21.2 Å². The molecule has 0 bridgehead atoms. The van der Waals surface area contributed by atoms with Crippen LogP contribution in [0.3, 0.4) is 0 Å². The minimum absolute atomic E-state index is 0.130. The van der Waals surface area contributed by atoms with E-state index in [1.54, 1.807) is 72.8 Å². The van der Waals surface area contributed by atoms with Crippen LogP contribution < -0.4 is 0 Å². The number of sulfonamides is 2. The highest BCUT2D eigenvalue weighted by atomic mass is 35.5. The van der Waals surface area contributed by atoms with Crippen molar-refractivity contribution in [2.24, 2.45) is 0 Å². The van der Waals surface area contributed by atoms with Gasteiger partial charge in [0.15, 0.2) is 0 Å². The SMILES string of the molecule is O=C1OCC2=CC(F)(Cl)CC=C2[N+]1(C1CCN(S(=O)(=O)c2ccc3c(Cl)cccc3c2)CC1)C1CCN(S(=O)(=O)c2cccc3c(Cl)cccc23)CC1. The molecule has 0 aromatic heterocycles. The second-order valence-corrected chi connectivity index (χ2v) is 19.3. The first kappa shape index (κ1) is 36.9. The number of quaternary nitrogens is 1. The molecular formula is C38H36Cl3FN3O6S2+. The highest BCUT2D eigenvalue weighted by molar-refractivity contribution is 7.89. The van der Waals surface area contributed by atoms with Gasteiger partial charge in [0.05, 0.1) is 15.4 Å². The Bertz CT molecular complexity index is 2440. The molecule has 1 amide bonds. The Hall–Kier alpha value is -3.07. The normalized spacial score (nSPS) is 25.5. The van der Waals surface area contributed by atoms with Crippen LogP contribution in [0, 0.1) is 0 Å². The first-order valence-corrected chi connectivity index (χ1v) is 21.5. The zero-order chi connectivity index (χ0) is 37.3. The van der Waals surface area contributed by atoms with Crippen molar-refractivity contribution < 1.29 is 35.2 Å². The Morgan fingerprint density at radius 3 is 2.02 bits per heavy atom. The second kappa shape index (κ2) is 13.6. The number of hydrogen-bond donors (Lipinski definition) is 0. The molecule has 4 aromatic rings. The maximum atomic E-state index is 15.2. The van der Waals surface area contributed by atoms with Crippen molar-refractivity contribution in [3.63, 3.8) is 0 Å². The largest absolute Gasteiger partial charge is 0.522 e. The Balaban J connectivity index is 1.09. The number of allylic oxidation sites excluding steroid dienone is 2. The van der Waals surface area contributed by atoms with Crippen LogP contribution in [0.5, 0.6) is 0 Å². The third-order valence-corrected chi connectivity index (χ3v) is 16.0. The third kappa shape index (κ3) is 6.19. The lowest BCUT2D eigenvalue weighted by atomic mass is 9.87. The highest BCUT2D eigenvalue weighted by Crippen LogP contribution is 2.48. The van der Waals surface area contributed by atoms with Crippen molar-refractivity contribution in [3.05, 3.63) is 106 Å². The number of cyclic esters (lactones) is 1. The molecule has 3 aliphatic heterocycles. The zero-order valence-electron chi connectivity index (χ0n) is 28.4. The summed E-state index contributed by atoms with van der Waals surface area (Å²) in [4.78, 5) is 14.6. The predicted octanol–water partition coefficient (Wildman–Crippen LogP) is 8.39. The topological polar surface area (TPSA) is 101 Å². The molecule has 0 saturated carbocycles. The minimum atomic E-state index is -3.94. The van der Waals surface area contributed by atoms with Crippen LogP contribution in [0.1, 0.15) is 32.1 Å². The van der Waals surface area contributed by atoms with Gasteiger partial charge >= 0.3 is 6.09 Å². The molecule has 9 nitrogen and oxygen atoms in total. The lowest BCUT2D eigenvalue weighted by Gasteiger charge is -2.53. The van der Waals surface area contributed by atoms with E-state index in [1.807, 2.05) is 6.07 Å². The number of carbonyl (C=O) groups excluding carboxylic acids is 1. The molecule has 8 rings (SSSR count). The maximum absolute atomic E-state index is 15.2. The molecule has 1 aliphatic carbocycles. The first-order valence-electron chi connectivity index (χ1n) is 17.5. The number of fused-ring (bicyclic) bond motifs is 3. The fraction of sp³-hybridized carbons (Fsp3) is 0.342. The molecule has 53 heavy (non-hydrogen) atoms. The average molecular weight is 820 g/mol. The van der Waals surface area contributed by atoms with Crippen LogP contribution in [-0.4, -0.2) is 86.0 Å². The van der Waals surface area contributed by atoms with E-state index >= 15 is 4.39 Å². The summed E-state index contributed by atoms with van der Waals surface area (Å²) in [6, 6.07) is 19.6. The summed E-state index contributed by atoms with van der Waals surface area (Å²) >= 11 is 18.9. The molecule has 0 radical (unpaired) electrons. The molecule has 3 saturated heterocycles. The molecule has 0 N–H and O–H groups in total. The van der Waals surface area contributed by atoms with Crippen molar-refractivity contribution in [2.75, 3.05) is 32.8 Å². The van der Waals surface area contributed by atoms with Crippen molar-refractivity contribution in [2.45, 2.75) is 59.1 Å². The Labute approximate surface area is 322 Å². The standard InChI is InChI=1S/C38H36Cl3FN3O6S2/c39-33-7-1-4-25-22-29(10-11-30(25)33)52(47,48)43-18-13-27(14-19-43)45(35-12-17-38(41,42)23-26(35)24-51-37(45)46)28-15-20-44(21-16-28)53(49,50)36-9-3-5-31-32(36)6-2-8-34(31)40/h1-12,22-23,27-28H,13-21,24H2/q+1. The van der Waals surface area contributed by atoms with Crippen LogP contribution in [0.2, 0.25) is 10.0 Å². The van der Waals surface area contributed by atoms with Crippen LogP contribution in [-0.2, 0) is 24.8 Å². The predicted molar refractivity (Wildman–Crippen MR) is 204 cm³/mol. The van der Waals surface area contributed by atoms with Gasteiger partial charge in [0.25, 0.3) is 0 Å². The van der Waals surface area contributed by atoms with E-state index in [-0.39, 0.29) is 53.5 Å². The van der Waals surface area contributed by atoms with Crippen molar-refractivity contribution in [3.8, 4) is 0 Å². The van der Waals surface area contributed by atoms with E-state index in [0.717, 1.165) is 5.39 Å². The Morgan fingerprint density at radius 1 is 0.755 bits per heavy atom. The molecule has 3 fully saturated rings. The third-order valence-electron chi connectivity index (χ3n) is 11.2. The average Bonchev–Trinajstić information content (AvgIpc) is 3.15. The van der Waals surface area contributed by atoms with Gasteiger partial charge in [-0.3, -0.25) is 0 Å². The number of ether oxygens (including phenoxy) is 1. The van der Waals surface area contributed by atoms with Gasteiger partial charge in [-0.05, 0) is 47.9 Å². The molecule has 278 valence electrons. The van der Waals surface area contributed by atoms with E-state index in [0.29, 0.717) is 63.2 Å². The zero-order valence-corrected chi connectivity index (χ0v) is 32.3. The smallest absolute Gasteiger partial charge is 0.415 e. The number of benzene rings is 4. The number of hydrogen-bond acceptors (Lipinski definition) is 6. The Morgan fingerprint density at radius 2 is 1.34 bits per heavy atom. The molecule has 3 heterocycles. The summed E-state index contributed by atoms with van der Waals surface area (Å²) in [7, 11) is -7.84. The molecule has 2 unspecified atom stereocenters. The van der Waals surface area contributed by atoms with Gasteiger partial charge in [-0.2, -0.15) is 17.9 Å². The lowest BCUT2D eigenvalue weighted by Crippen LogP contribution is -2.69. The van der Waals surface area contributed by atoms with E-state index in [1.165, 1.54) is 14.7 Å². The highest BCUT2D eigenvalue weighted by Gasteiger charge is 2.60. The number of piperidine rings is 2. The second-order valence-electron chi connectivity index (χ2n) is 14.0. The summed E-state index contributed by atoms with van der Waals surface area (Å²) in [5.74, 6) is 0. The number of alkyl halides is 2. The van der Waals surface area contributed by atoms with Gasteiger partial charge in [0, 0.05) is 84.5 Å². The minimum Gasteiger partial charge on any atom is -0.415 e. The monoisotopic (exact) mass is 818 g/mol. The number of nitrogens with zero attached hydrogens (tertiary/aromatic N) is 3. The quantitative estimate of drug-likeness (QED) is 0.143. The summed E-state index contributed by atoms with van der Waals surface area (Å²) in [5, 5.41) is 1.46. The van der Waals surface area contributed by atoms with E-state index in [2.05, 4.69) is 0 Å². The van der Waals surface area contributed by atoms with E-state index < -0.39 is 43.4 Å². The summed E-state index contributed by atoms with van der Waals surface area (Å²) in [6.07, 6.45) is 3.57. The fourth-order valence-electron chi connectivity index (χ4n) is 8.71. The summed E-state index contributed by atoms with van der Waals surface area (Å²) < 4.78 is 79.7. The summed E-state index contributed by atoms with van der Waals surface area (Å²) in [6.45, 7) is 0.398. The molecule has 4 aromatic carbocycles. The van der Waals surface area contributed by atoms with E-state index in [4.69, 9.17) is 39.5 Å². The first-order chi connectivity index (χ1) is 25.2. The Kier molecular flexibility index (Phi) is 9.46. The van der Waals surface area contributed by atoms with Crippen LogP contribution in [0.15, 0.2) is 106 Å². The van der Waals surface area contributed by atoms with Crippen molar-refractivity contribution >= 4 is 82.5 Å². The van der Waals surface area contributed by atoms with Gasteiger partial charge in [-0.15, -0.1) is 0 Å². The number of carbonyl (C=O) groups is 1. The molecule has 2 atom stereocenters. The fourth-order valence-corrected chi connectivity index (χ4v) is 12.6. The van der Waals surface area contributed by atoms with Crippen LogP contribution in [0.4, 0.5) is 9.18 Å². The van der Waals surface area contributed by atoms with Crippen molar-refractivity contribution in [1.29, 1.82) is 0 Å². The number of rotatable bonds is 6.